The molecule has 2 rings (SSSR count). The van der Waals surface area contributed by atoms with E-state index in [1.807, 2.05) is 6.07 Å². The van der Waals surface area contributed by atoms with Crippen molar-refractivity contribution in [3.63, 3.8) is 0 Å². The Balaban J connectivity index is 1.86. The summed E-state index contributed by atoms with van der Waals surface area (Å²) < 4.78 is 15.1. The van der Waals surface area contributed by atoms with E-state index in [4.69, 9.17) is 14.2 Å². The summed E-state index contributed by atoms with van der Waals surface area (Å²) in [4.78, 5) is 24.4. The fraction of sp³-hybridized carbons (Fsp3) is 0.579. The lowest BCUT2D eigenvalue weighted by Gasteiger charge is -2.38. The monoisotopic (exact) mass is 413 g/mol. The van der Waals surface area contributed by atoms with Crippen LogP contribution < -0.4 is 5.32 Å². The Morgan fingerprint density at radius 1 is 1.03 bits per heavy atom. The molecule has 162 valence electrons. The number of aliphatic hydroxyl groups is 4. The van der Waals surface area contributed by atoms with Crippen LogP contribution in [0.5, 0.6) is 0 Å². The number of alkyl carbamates (subject to hydrolysis) is 1. The van der Waals surface area contributed by atoms with Crippen LogP contribution in [0.15, 0.2) is 30.3 Å². The van der Waals surface area contributed by atoms with E-state index in [0.29, 0.717) is 0 Å². The molecule has 1 saturated heterocycles. The second-order valence-electron chi connectivity index (χ2n) is 7.09. The fourth-order valence-corrected chi connectivity index (χ4v) is 2.71. The van der Waals surface area contributed by atoms with E-state index < -0.39 is 55.4 Å². The molecule has 1 heterocycles. The van der Waals surface area contributed by atoms with Crippen LogP contribution in [0.25, 0.3) is 0 Å². The van der Waals surface area contributed by atoms with Gasteiger partial charge in [-0.1, -0.05) is 44.2 Å². The molecule has 5 N–H and O–H groups in total. The van der Waals surface area contributed by atoms with Gasteiger partial charge in [-0.15, -0.1) is 0 Å². The third-order valence-corrected chi connectivity index (χ3v) is 4.48. The van der Waals surface area contributed by atoms with Crippen LogP contribution >= 0.6 is 0 Å². The van der Waals surface area contributed by atoms with Gasteiger partial charge in [-0.2, -0.15) is 0 Å². The average molecular weight is 413 g/mol. The number of hydrogen-bond donors (Lipinski definition) is 5. The molecule has 29 heavy (non-hydrogen) atoms. The van der Waals surface area contributed by atoms with Crippen molar-refractivity contribution in [1.82, 2.24) is 5.32 Å². The molecular formula is C19H27NO9. The number of benzene rings is 1. The molecule has 1 amide bonds. The van der Waals surface area contributed by atoms with E-state index in [-0.39, 0.29) is 12.5 Å². The van der Waals surface area contributed by atoms with Crippen molar-refractivity contribution in [2.75, 3.05) is 6.61 Å². The summed E-state index contributed by atoms with van der Waals surface area (Å²) in [6.45, 7) is 2.93. The molecule has 0 bridgehead atoms. The van der Waals surface area contributed by atoms with Crippen molar-refractivity contribution in [2.45, 2.75) is 57.2 Å². The average Bonchev–Trinajstić information content (AvgIpc) is 2.70. The number of carbonyl (C=O) groups excluding carboxylic acids is 2. The molecule has 1 aromatic rings. The third kappa shape index (κ3) is 6.38. The lowest BCUT2D eigenvalue weighted by atomic mass is 9.99. The number of rotatable bonds is 7. The Kier molecular flexibility index (Phi) is 8.35. The highest BCUT2D eigenvalue weighted by atomic mass is 16.7. The van der Waals surface area contributed by atoms with Crippen LogP contribution in [0.1, 0.15) is 19.4 Å². The minimum atomic E-state index is -1.73. The second kappa shape index (κ2) is 10.5. The maximum absolute atomic E-state index is 12.4. The SMILES string of the molecule is CC(C)[C@@H](NC(=O)OCc1ccccc1)C(=O)OCC1OC(O)C(O)C(O)C1O. The van der Waals surface area contributed by atoms with Crippen LogP contribution in [0.2, 0.25) is 0 Å². The Hall–Kier alpha value is -2.24. The predicted molar refractivity (Wildman–Crippen MR) is 98.2 cm³/mol. The van der Waals surface area contributed by atoms with Crippen LogP contribution in [0, 0.1) is 5.92 Å². The van der Waals surface area contributed by atoms with Gasteiger partial charge in [0.25, 0.3) is 0 Å². The van der Waals surface area contributed by atoms with Crippen molar-refractivity contribution in [1.29, 1.82) is 0 Å². The summed E-state index contributed by atoms with van der Waals surface area (Å²) in [6, 6.07) is 7.99. The predicted octanol–water partition coefficient (Wildman–Crippen LogP) is -0.719. The summed E-state index contributed by atoms with van der Waals surface area (Å²) in [7, 11) is 0. The van der Waals surface area contributed by atoms with E-state index in [0.717, 1.165) is 5.56 Å². The second-order valence-corrected chi connectivity index (χ2v) is 7.09. The molecule has 1 aromatic carbocycles. The molecule has 1 fully saturated rings. The molecule has 10 nitrogen and oxygen atoms in total. The molecule has 10 heteroatoms. The van der Waals surface area contributed by atoms with Gasteiger partial charge in [0.2, 0.25) is 0 Å². The van der Waals surface area contributed by atoms with Gasteiger partial charge in [-0.25, -0.2) is 9.59 Å². The minimum absolute atomic E-state index is 0.0345. The summed E-state index contributed by atoms with van der Waals surface area (Å²) in [6.07, 6.45) is -8.68. The van der Waals surface area contributed by atoms with Crippen LogP contribution in [0.4, 0.5) is 4.79 Å². The van der Waals surface area contributed by atoms with Crippen molar-refractivity contribution < 1.29 is 44.2 Å². The number of nitrogens with one attached hydrogen (secondary N) is 1. The van der Waals surface area contributed by atoms with Gasteiger partial charge in [0.15, 0.2) is 6.29 Å². The molecule has 5 unspecified atom stereocenters. The largest absolute Gasteiger partial charge is 0.461 e. The first-order valence-corrected chi connectivity index (χ1v) is 9.22. The third-order valence-electron chi connectivity index (χ3n) is 4.48. The number of hydrogen-bond acceptors (Lipinski definition) is 9. The first-order valence-electron chi connectivity index (χ1n) is 9.22. The Morgan fingerprint density at radius 3 is 2.31 bits per heavy atom. The van der Waals surface area contributed by atoms with E-state index in [9.17, 15) is 30.0 Å². The van der Waals surface area contributed by atoms with Gasteiger partial charge in [0, 0.05) is 0 Å². The molecule has 0 aromatic heterocycles. The highest BCUT2D eigenvalue weighted by molar-refractivity contribution is 5.81. The van der Waals surface area contributed by atoms with Gasteiger partial charge >= 0.3 is 12.1 Å². The van der Waals surface area contributed by atoms with Crippen LogP contribution in [-0.4, -0.2) is 75.8 Å². The zero-order valence-corrected chi connectivity index (χ0v) is 16.2. The van der Waals surface area contributed by atoms with E-state index >= 15 is 0 Å². The Labute approximate surface area is 168 Å². The van der Waals surface area contributed by atoms with Gasteiger partial charge in [0.1, 0.15) is 43.7 Å². The molecule has 1 aliphatic rings. The van der Waals surface area contributed by atoms with E-state index in [2.05, 4.69) is 5.32 Å². The highest BCUT2D eigenvalue weighted by Gasteiger charge is 2.43. The van der Waals surface area contributed by atoms with Crippen molar-refractivity contribution >= 4 is 12.1 Å². The standard InChI is InChI=1S/C19H27NO9/c1-10(2)13(20-19(26)28-8-11-6-4-3-5-7-11)17(24)27-9-12-14(21)15(22)16(23)18(25)29-12/h3-7,10,12-16,18,21-23,25H,8-9H2,1-2H3,(H,20,26)/t12?,13-,14?,15?,16?,18?/m1/s1. The lowest BCUT2D eigenvalue weighted by Crippen LogP contribution is -2.59. The van der Waals surface area contributed by atoms with Crippen LogP contribution in [-0.2, 0) is 25.6 Å². The van der Waals surface area contributed by atoms with Crippen LogP contribution in [0.3, 0.4) is 0 Å². The maximum Gasteiger partial charge on any atom is 0.408 e. The zero-order valence-electron chi connectivity index (χ0n) is 16.2. The van der Waals surface area contributed by atoms with Gasteiger partial charge in [-0.3, -0.25) is 0 Å². The molecule has 0 radical (unpaired) electrons. The highest BCUT2D eigenvalue weighted by Crippen LogP contribution is 2.20. The van der Waals surface area contributed by atoms with Gasteiger partial charge < -0.3 is 40.0 Å². The first-order chi connectivity index (χ1) is 13.7. The minimum Gasteiger partial charge on any atom is -0.461 e. The zero-order chi connectivity index (χ0) is 21.6. The van der Waals surface area contributed by atoms with Gasteiger partial charge in [-0.05, 0) is 11.5 Å². The molecule has 0 aliphatic carbocycles. The first kappa shape index (κ1) is 23.0. The topological polar surface area (TPSA) is 155 Å². The van der Waals surface area contributed by atoms with Crippen molar-refractivity contribution in [3.8, 4) is 0 Å². The smallest absolute Gasteiger partial charge is 0.408 e. The van der Waals surface area contributed by atoms with Gasteiger partial charge in [0.05, 0.1) is 0 Å². The maximum atomic E-state index is 12.4. The molecular weight excluding hydrogens is 386 g/mol. The normalized spacial score (nSPS) is 27.9. The number of amides is 1. The number of esters is 1. The molecule has 0 saturated carbocycles. The molecule has 1 aliphatic heterocycles. The number of carbonyl (C=O) groups is 2. The Bertz CT molecular complexity index is 669. The summed E-state index contributed by atoms with van der Waals surface area (Å²) >= 11 is 0. The number of ether oxygens (including phenoxy) is 3. The number of aliphatic hydroxyl groups excluding tert-OH is 4. The van der Waals surface area contributed by atoms with Crippen molar-refractivity contribution in [3.05, 3.63) is 35.9 Å². The fourth-order valence-electron chi connectivity index (χ4n) is 2.71. The lowest BCUT2D eigenvalue weighted by molar-refractivity contribution is -0.287. The quantitative estimate of drug-likeness (QED) is 0.364. The molecule has 6 atom stereocenters. The summed E-state index contributed by atoms with van der Waals surface area (Å²) in [5, 5.41) is 40.9. The van der Waals surface area contributed by atoms with Crippen molar-refractivity contribution in [2.24, 2.45) is 5.92 Å². The molecule has 0 spiro atoms. The Morgan fingerprint density at radius 2 is 1.69 bits per heavy atom. The van der Waals surface area contributed by atoms with E-state index in [1.165, 1.54) is 0 Å². The summed E-state index contributed by atoms with van der Waals surface area (Å²) in [5.74, 6) is -1.13. The van der Waals surface area contributed by atoms with E-state index in [1.54, 1.807) is 38.1 Å². The summed E-state index contributed by atoms with van der Waals surface area (Å²) in [5.41, 5.74) is 0.786.